The molecular weight excluding hydrogens is 200 g/mol. The Labute approximate surface area is 89.0 Å². The maximum Gasteiger partial charge on any atom is 0.245 e. The highest BCUT2D eigenvalue weighted by atomic mass is 16.5. The van der Waals surface area contributed by atoms with E-state index in [1.54, 1.807) is 0 Å². The SMILES string of the molecule is CCCN(O)C(=O)CCCN(O)C(C)=O. The largest absolute Gasteiger partial charge is 0.286 e. The minimum Gasteiger partial charge on any atom is -0.286 e. The van der Waals surface area contributed by atoms with Crippen LogP contribution in [-0.2, 0) is 9.59 Å². The number of hydroxylamine groups is 4. The van der Waals surface area contributed by atoms with Crippen molar-refractivity contribution in [3.8, 4) is 0 Å². The quantitative estimate of drug-likeness (QED) is 0.506. The zero-order chi connectivity index (χ0) is 11.8. The van der Waals surface area contributed by atoms with Crippen molar-refractivity contribution in [2.24, 2.45) is 0 Å². The lowest BCUT2D eigenvalue weighted by Crippen LogP contribution is -2.30. The molecular formula is C9H18N2O4. The van der Waals surface area contributed by atoms with Crippen LogP contribution in [0.3, 0.4) is 0 Å². The average Bonchev–Trinajstić information content (AvgIpc) is 2.17. The van der Waals surface area contributed by atoms with Gasteiger partial charge in [-0.05, 0) is 12.8 Å². The molecule has 0 saturated carbocycles. The van der Waals surface area contributed by atoms with E-state index in [0.29, 0.717) is 29.5 Å². The predicted octanol–water partition coefficient (Wildman–Crippen LogP) is 0.632. The molecule has 6 heteroatoms. The summed E-state index contributed by atoms with van der Waals surface area (Å²) in [4.78, 5) is 21.8. The normalized spacial score (nSPS) is 9.87. The van der Waals surface area contributed by atoms with E-state index < -0.39 is 11.8 Å². The van der Waals surface area contributed by atoms with E-state index in [9.17, 15) is 9.59 Å². The second kappa shape index (κ2) is 7.19. The number of hydrogen-bond donors (Lipinski definition) is 2. The molecule has 2 N–H and O–H groups in total. The molecule has 0 spiro atoms. The number of hydrogen-bond acceptors (Lipinski definition) is 4. The molecule has 0 aliphatic heterocycles. The van der Waals surface area contributed by atoms with Crippen LogP contribution in [-0.4, -0.2) is 45.4 Å². The first kappa shape index (κ1) is 13.9. The highest BCUT2D eigenvalue weighted by molar-refractivity contribution is 5.75. The lowest BCUT2D eigenvalue weighted by atomic mass is 10.3. The standard InChI is InChI=1S/C9H18N2O4/c1-3-6-11(15)9(13)5-4-7-10(14)8(2)12/h14-15H,3-7H2,1-2H3. The Morgan fingerprint density at radius 2 is 1.73 bits per heavy atom. The van der Waals surface area contributed by atoms with E-state index in [-0.39, 0.29) is 13.0 Å². The third-order valence-electron chi connectivity index (χ3n) is 1.85. The van der Waals surface area contributed by atoms with Crippen molar-refractivity contribution in [2.45, 2.75) is 33.1 Å². The smallest absolute Gasteiger partial charge is 0.245 e. The number of carbonyl (C=O) groups is 2. The Hall–Kier alpha value is -1.14. The molecule has 0 heterocycles. The van der Waals surface area contributed by atoms with Gasteiger partial charge in [0.05, 0.1) is 0 Å². The highest BCUT2D eigenvalue weighted by Gasteiger charge is 2.10. The van der Waals surface area contributed by atoms with Gasteiger partial charge in [0.15, 0.2) is 0 Å². The fourth-order valence-electron chi connectivity index (χ4n) is 1.00. The first-order valence-electron chi connectivity index (χ1n) is 4.95. The van der Waals surface area contributed by atoms with Gasteiger partial charge in [-0.3, -0.25) is 20.0 Å². The molecule has 0 unspecified atom stereocenters. The van der Waals surface area contributed by atoms with Crippen molar-refractivity contribution in [1.82, 2.24) is 10.1 Å². The van der Waals surface area contributed by atoms with E-state index >= 15 is 0 Å². The lowest BCUT2D eigenvalue weighted by Gasteiger charge is -2.15. The van der Waals surface area contributed by atoms with Crippen LogP contribution in [0.1, 0.15) is 33.1 Å². The number of amides is 2. The summed E-state index contributed by atoms with van der Waals surface area (Å²) in [6, 6.07) is 0. The number of carbonyl (C=O) groups excluding carboxylic acids is 2. The van der Waals surface area contributed by atoms with Crippen molar-refractivity contribution >= 4 is 11.8 Å². The second-order valence-electron chi connectivity index (χ2n) is 3.26. The van der Waals surface area contributed by atoms with Gasteiger partial charge in [0.2, 0.25) is 11.8 Å². The first-order chi connectivity index (χ1) is 6.99. The summed E-state index contributed by atoms with van der Waals surface area (Å²) in [7, 11) is 0. The fraction of sp³-hybridized carbons (Fsp3) is 0.778. The van der Waals surface area contributed by atoms with Gasteiger partial charge < -0.3 is 0 Å². The molecule has 88 valence electrons. The van der Waals surface area contributed by atoms with Crippen LogP contribution in [0.2, 0.25) is 0 Å². The molecule has 0 aliphatic carbocycles. The van der Waals surface area contributed by atoms with Crippen molar-refractivity contribution < 1.29 is 20.0 Å². The first-order valence-corrected chi connectivity index (χ1v) is 4.95. The molecule has 15 heavy (non-hydrogen) atoms. The van der Waals surface area contributed by atoms with Crippen molar-refractivity contribution in [2.75, 3.05) is 13.1 Å². The molecule has 6 nitrogen and oxygen atoms in total. The summed E-state index contributed by atoms with van der Waals surface area (Å²) < 4.78 is 0. The van der Waals surface area contributed by atoms with Gasteiger partial charge in [0.1, 0.15) is 0 Å². The molecule has 0 aromatic rings. The van der Waals surface area contributed by atoms with Gasteiger partial charge in [-0.25, -0.2) is 10.1 Å². The lowest BCUT2D eigenvalue weighted by molar-refractivity contribution is -0.168. The number of rotatable bonds is 6. The average molecular weight is 218 g/mol. The summed E-state index contributed by atoms with van der Waals surface area (Å²) >= 11 is 0. The summed E-state index contributed by atoms with van der Waals surface area (Å²) in [6.07, 6.45) is 1.12. The molecule has 0 rings (SSSR count). The van der Waals surface area contributed by atoms with Gasteiger partial charge in [-0.1, -0.05) is 6.92 Å². The van der Waals surface area contributed by atoms with E-state index in [2.05, 4.69) is 0 Å². The summed E-state index contributed by atoms with van der Waals surface area (Å²) in [5.74, 6) is -0.856. The van der Waals surface area contributed by atoms with Crippen molar-refractivity contribution in [1.29, 1.82) is 0 Å². The molecule has 2 amide bonds. The minimum absolute atomic E-state index is 0.0983. The van der Waals surface area contributed by atoms with Gasteiger partial charge in [0, 0.05) is 26.4 Å². The molecule has 0 aromatic carbocycles. The Kier molecular flexibility index (Phi) is 6.64. The zero-order valence-corrected chi connectivity index (χ0v) is 9.14. The van der Waals surface area contributed by atoms with Crippen LogP contribution in [0, 0.1) is 0 Å². The maximum absolute atomic E-state index is 11.2. The Morgan fingerprint density at radius 1 is 1.13 bits per heavy atom. The van der Waals surface area contributed by atoms with Gasteiger partial charge in [-0.2, -0.15) is 0 Å². The molecule has 0 fully saturated rings. The molecule has 0 bridgehead atoms. The monoisotopic (exact) mass is 218 g/mol. The molecule has 0 aliphatic rings. The van der Waals surface area contributed by atoms with Crippen LogP contribution in [0.15, 0.2) is 0 Å². The third-order valence-corrected chi connectivity index (χ3v) is 1.85. The highest BCUT2D eigenvalue weighted by Crippen LogP contribution is 1.98. The third kappa shape index (κ3) is 6.03. The number of nitrogens with zero attached hydrogens (tertiary/aromatic N) is 2. The fourth-order valence-corrected chi connectivity index (χ4v) is 1.00. The van der Waals surface area contributed by atoms with Crippen LogP contribution < -0.4 is 0 Å². The molecule has 0 radical (unpaired) electrons. The topological polar surface area (TPSA) is 81.1 Å². The maximum atomic E-state index is 11.2. The van der Waals surface area contributed by atoms with Crippen LogP contribution in [0.25, 0.3) is 0 Å². The van der Waals surface area contributed by atoms with Gasteiger partial charge in [0.25, 0.3) is 0 Å². The van der Waals surface area contributed by atoms with E-state index in [1.807, 2.05) is 6.92 Å². The Balaban J connectivity index is 3.67. The predicted molar refractivity (Wildman–Crippen MR) is 52.2 cm³/mol. The Bertz CT molecular complexity index is 220. The van der Waals surface area contributed by atoms with Gasteiger partial charge >= 0.3 is 0 Å². The van der Waals surface area contributed by atoms with Gasteiger partial charge in [-0.15, -0.1) is 0 Å². The van der Waals surface area contributed by atoms with Crippen molar-refractivity contribution in [3.63, 3.8) is 0 Å². The van der Waals surface area contributed by atoms with E-state index in [4.69, 9.17) is 10.4 Å². The summed E-state index contributed by atoms with van der Waals surface area (Å²) in [5.41, 5.74) is 0. The summed E-state index contributed by atoms with van der Waals surface area (Å²) in [6.45, 7) is 3.48. The molecule has 0 atom stereocenters. The van der Waals surface area contributed by atoms with Crippen LogP contribution in [0.4, 0.5) is 0 Å². The second-order valence-corrected chi connectivity index (χ2v) is 3.26. The Morgan fingerprint density at radius 3 is 2.20 bits per heavy atom. The van der Waals surface area contributed by atoms with Crippen LogP contribution in [0.5, 0.6) is 0 Å². The molecule has 0 saturated heterocycles. The molecule has 0 aromatic heterocycles. The minimum atomic E-state index is -0.461. The van der Waals surface area contributed by atoms with E-state index in [0.717, 1.165) is 0 Å². The van der Waals surface area contributed by atoms with E-state index in [1.165, 1.54) is 6.92 Å². The zero-order valence-electron chi connectivity index (χ0n) is 9.14. The van der Waals surface area contributed by atoms with Crippen molar-refractivity contribution in [3.05, 3.63) is 0 Å². The summed E-state index contributed by atoms with van der Waals surface area (Å²) in [5, 5.41) is 19.3. The van der Waals surface area contributed by atoms with Crippen LogP contribution >= 0.6 is 0 Å².